The van der Waals surface area contributed by atoms with Crippen LogP contribution in [0.2, 0.25) is 5.02 Å². The quantitative estimate of drug-likeness (QED) is 0.844. The van der Waals surface area contributed by atoms with Crippen molar-refractivity contribution >= 4 is 23.2 Å². The fourth-order valence-corrected chi connectivity index (χ4v) is 1.83. The zero-order chi connectivity index (χ0) is 14.5. The van der Waals surface area contributed by atoms with Crippen molar-refractivity contribution in [2.75, 3.05) is 25.6 Å². The number of carbonyl (C=O) groups excluding carboxylic acids is 1. The number of nitrogens with one attached hydrogen (secondary N) is 2. The van der Waals surface area contributed by atoms with Crippen LogP contribution in [0, 0.1) is 6.92 Å². The molecule has 1 rings (SSSR count). The molecule has 0 bridgehead atoms. The number of benzene rings is 1. The number of aryl methyl sites for hydroxylation is 1. The van der Waals surface area contributed by atoms with Gasteiger partial charge in [0.2, 0.25) is 5.91 Å². The van der Waals surface area contributed by atoms with Gasteiger partial charge < -0.3 is 15.4 Å². The number of anilines is 1. The van der Waals surface area contributed by atoms with Crippen molar-refractivity contribution in [2.45, 2.75) is 26.3 Å². The van der Waals surface area contributed by atoms with Crippen LogP contribution in [0.3, 0.4) is 0 Å². The first kappa shape index (κ1) is 16.0. The van der Waals surface area contributed by atoms with Crippen molar-refractivity contribution in [2.24, 2.45) is 0 Å². The summed E-state index contributed by atoms with van der Waals surface area (Å²) < 4.78 is 5.08. The number of ether oxygens (including phenoxy) is 1. The van der Waals surface area contributed by atoms with Gasteiger partial charge in [0.1, 0.15) is 0 Å². The third-order valence-electron chi connectivity index (χ3n) is 2.71. The minimum atomic E-state index is -0.241. The van der Waals surface area contributed by atoms with Gasteiger partial charge in [0.25, 0.3) is 0 Å². The maximum atomic E-state index is 11.9. The second kappa shape index (κ2) is 6.89. The van der Waals surface area contributed by atoms with Crippen molar-refractivity contribution < 1.29 is 9.53 Å². The zero-order valence-corrected chi connectivity index (χ0v) is 12.6. The van der Waals surface area contributed by atoms with Gasteiger partial charge in [-0.25, -0.2) is 0 Å². The van der Waals surface area contributed by atoms with E-state index in [-0.39, 0.29) is 18.0 Å². The smallest absolute Gasteiger partial charge is 0.238 e. The zero-order valence-electron chi connectivity index (χ0n) is 11.8. The van der Waals surface area contributed by atoms with Gasteiger partial charge in [-0.2, -0.15) is 0 Å². The van der Waals surface area contributed by atoms with Crippen LogP contribution in [-0.4, -0.2) is 31.7 Å². The minimum Gasteiger partial charge on any atom is -0.383 e. The number of halogens is 1. The van der Waals surface area contributed by atoms with Gasteiger partial charge in [0, 0.05) is 23.4 Å². The molecule has 0 fully saturated rings. The maximum absolute atomic E-state index is 11.9. The molecule has 0 saturated heterocycles. The van der Waals surface area contributed by atoms with E-state index in [0.29, 0.717) is 11.6 Å². The Hall–Kier alpha value is -1.10. The third kappa shape index (κ3) is 5.59. The van der Waals surface area contributed by atoms with Crippen molar-refractivity contribution in [1.82, 2.24) is 5.32 Å². The molecule has 0 aliphatic heterocycles. The number of amides is 1. The van der Waals surface area contributed by atoms with Crippen LogP contribution < -0.4 is 10.6 Å². The topological polar surface area (TPSA) is 50.4 Å². The van der Waals surface area contributed by atoms with Crippen LogP contribution in [0.5, 0.6) is 0 Å². The van der Waals surface area contributed by atoms with Crippen molar-refractivity contribution in [1.29, 1.82) is 0 Å². The molecule has 0 unspecified atom stereocenters. The molecule has 106 valence electrons. The highest BCUT2D eigenvalue weighted by molar-refractivity contribution is 6.31. The summed E-state index contributed by atoms with van der Waals surface area (Å²) in [7, 11) is 1.64. The first-order valence-corrected chi connectivity index (χ1v) is 6.52. The van der Waals surface area contributed by atoms with E-state index >= 15 is 0 Å². The fraction of sp³-hybridized carbons (Fsp3) is 0.500. The number of hydrogen-bond acceptors (Lipinski definition) is 3. The molecule has 0 aliphatic carbocycles. The van der Waals surface area contributed by atoms with Crippen LogP contribution in [0.1, 0.15) is 19.4 Å². The summed E-state index contributed by atoms with van der Waals surface area (Å²) in [6.45, 7) is 6.65. The Morgan fingerprint density at radius 3 is 2.74 bits per heavy atom. The summed E-state index contributed by atoms with van der Waals surface area (Å²) in [5, 5.41) is 6.59. The van der Waals surface area contributed by atoms with Gasteiger partial charge >= 0.3 is 0 Å². The molecule has 0 radical (unpaired) electrons. The molecule has 1 aromatic carbocycles. The molecule has 0 aliphatic rings. The van der Waals surface area contributed by atoms with Crippen molar-refractivity contribution in [3.8, 4) is 0 Å². The predicted molar refractivity (Wildman–Crippen MR) is 78.8 cm³/mol. The van der Waals surface area contributed by atoms with Gasteiger partial charge in [0.15, 0.2) is 0 Å². The third-order valence-corrected chi connectivity index (χ3v) is 2.94. The second-order valence-corrected chi connectivity index (χ2v) is 5.61. The highest BCUT2D eigenvalue weighted by Crippen LogP contribution is 2.19. The lowest BCUT2D eigenvalue weighted by Gasteiger charge is -2.25. The van der Waals surface area contributed by atoms with Gasteiger partial charge in [-0.3, -0.25) is 4.79 Å². The molecule has 4 nitrogen and oxygen atoms in total. The Labute approximate surface area is 119 Å². The number of carbonyl (C=O) groups is 1. The lowest BCUT2D eigenvalue weighted by Crippen LogP contribution is -2.46. The number of methoxy groups -OCH3 is 1. The highest BCUT2D eigenvalue weighted by atomic mass is 35.5. The summed E-state index contributed by atoms with van der Waals surface area (Å²) >= 11 is 5.91. The number of rotatable bonds is 6. The van der Waals surface area contributed by atoms with Crippen LogP contribution in [-0.2, 0) is 9.53 Å². The molecule has 0 heterocycles. The molecule has 1 aromatic rings. The summed E-state index contributed by atoms with van der Waals surface area (Å²) in [5.74, 6) is -0.102. The number of hydrogen-bond donors (Lipinski definition) is 2. The van der Waals surface area contributed by atoms with E-state index < -0.39 is 0 Å². The van der Waals surface area contributed by atoms with Gasteiger partial charge in [-0.15, -0.1) is 0 Å². The monoisotopic (exact) mass is 284 g/mol. The van der Waals surface area contributed by atoms with E-state index in [1.54, 1.807) is 19.2 Å². The first-order valence-electron chi connectivity index (χ1n) is 6.14. The van der Waals surface area contributed by atoms with Crippen LogP contribution in [0.25, 0.3) is 0 Å². The molecular weight excluding hydrogens is 264 g/mol. The summed E-state index contributed by atoms with van der Waals surface area (Å²) in [5.41, 5.74) is 1.48. The average molecular weight is 285 g/mol. The molecule has 0 atom stereocenters. The maximum Gasteiger partial charge on any atom is 0.238 e. The Bertz CT molecular complexity index is 447. The lowest BCUT2D eigenvalue weighted by atomic mass is 10.1. The van der Waals surface area contributed by atoms with E-state index in [0.717, 1.165) is 11.3 Å². The van der Waals surface area contributed by atoms with E-state index in [9.17, 15) is 4.79 Å². The Kier molecular flexibility index (Phi) is 5.79. The van der Waals surface area contributed by atoms with Crippen molar-refractivity contribution in [3.63, 3.8) is 0 Å². The Morgan fingerprint density at radius 2 is 2.11 bits per heavy atom. The summed E-state index contributed by atoms with van der Waals surface area (Å²) in [4.78, 5) is 11.9. The van der Waals surface area contributed by atoms with Crippen LogP contribution in [0.4, 0.5) is 5.69 Å². The Morgan fingerprint density at radius 1 is 1.42 bits per heavy atom. The summed E-state index contributed by atoms with van der Waals surface area (Å²) in [6.07, 6.45) is 0. The molecule has 0 aromatic heterocycles. The van der Waals surface area contributed by atoms with E-state index in [4.69, 9.17) is 16.3 Å². The molecule has 1 amide bonds. The highest BCUT2D eigenvalue weighted by Gasteiger charge is 2.18. The minimum absolute atomic E-state index is 0.102. The largest absolute Gasteiger partial charge is 0.383 e. The second-order valence-electron chi connectivity index (χ2n) is 5.18. The predicted octanol–water partition coefficient (Wildman–Crippen LogP) is 2.60. The van der Waals surface area contributed by atoms with Gasteiger partial charge in [-0.1, -0.05) is 17.7 Å². The molecule has 0 saturated carbocycles. The van der Waals surface area contributed by atoms with Crippen LogP contribution in [0.15, 0.2) is 18.2 Å². The average Bonchev–Trinajstić information content (AvgIpc) is 2.31. The normalized spacial score (nSPS) is 11.4. The Balaban J connectivity index is 2.54. The molecule has 0 spiro atoms. The first-order chi connectivity index (χ1) is 8.84. The van der Waals surface area contributed by atoms with Crippen molar-refractivity contribution in [3.05, 3.63) is 28.8 Å². The lowest BCUT2D eigenvalue weighted by molar-refractivity contribution is -0.115. The molecular formula is C14H21ClN2O2. The van der Waals surface area contributed by atoms with E-state index in [1.807, 2.05) is 26.8 Å². The van der Waals surface area contributed by atoms with E-state index in [2.05, 4.69) is 10.6 Å². The SMILES string of the molecule is COCC(C)(C)NCC(=O)Nc1cc(Cl)ccc1C. The summed E-state index contributed by atoms with van der Waals surface area (Å²) in [6, 6.07) is 5.42. The standard InChI is InChI=1S/C14H21ClN2O2/c1-10-5-6-11(15)7-12(10)17-13(18)8-16-14(2,3)9-19-4/h5-7,16H,8-9H2,1-4H3,(H,17,18). The van der Waals surface area contributed by atoms with Gasteiger partial charge in [-0.05, 0) is 38.5 Å². The van der Waals surface area contributed by atoms with Crippen LogP contribution >= 0.6 is 11.6 Å². The molecule has 19 heavy (non-hydrogen) atoms. The van der Waals surface area contributed by atoms with E-state index in [1.165, 1.54) is 0 Å². The molecule has 5 heteroatoms. The molecule has 2 N–H and O–H groups in total. The van der Waals surface area contributed by atoms with Gasteiger partial charge in [0.05, 0.1) is 13.2 Å². The fourth-order valence-electron chi connectivity index (χ4n) is 1.65.